The van der Waals surface area contributed by atoms with Crippen molar-refractivity contribution in [3.8, 4) is 0 Å². The fourth-order valence-corrected chi connectivity index (χ4v) is 16.6. The first kappa shape index (κ1) is 23.6. The number of hydrogen-bond acceptors (Lipinski definition) is 2. The van der Waals surface area contributed by atoms with E-state index >= 15 is 0 Å². The molecule has 0 amide bonds. The van der Waals surface area contributed by atoms with E-state index in [-0.39, 0.29) is 0 Å². The van der Waals surface area contributed by atoms with E-state index in [0.29, 0.717) is 0 Å². The summed E-state index contributed by atoms with van der Waals surface area (Å²) in [5.74, 6) is 0. The molecule has 0 radical (unpaired) electrons. The van der Waals surface area contributed by atoms with Crippen molar-refractivity contribution in [2.24, 2.45) is 0 Å². The topological polar surface area (TPSA) is 18.5 Å². The first-order valence-corrected chi connectivity index (χ1v) is 19.2. The quantitative estimate of drug-likeness (QED) is 0.234. The standard InChI is InChI=1S/C18H44O2Si3/c1-9-10-11-12-13-14-15-16-17-18-22(5,6)20-23(7,8)19-21(2,3)4/h9-18H2,1-8H3. The molecule has 23 heavy (non-hydrogen) atoms. The Morgan fingerprint density at radius 2 is 1.00 bits per heavy atom. The molecular weight excluding hydrogens is 332 g/mol. The van der Waals surface area contributed by atoms with Gasteiger partial charge in [-0.2, -0.15) is 0 Å². The van der Waals surface area contributed by atoms with E-state index in [2.05, 4.69) is 52.8 Å². The first-order valence-electron chi connectivity index (χ1n) is 9.88. The summed E-state index contributed by atoms with van der Waals surface area (Å²) >= 11 is 0. The fraction of sp³-hybridized carbons (Fsp3) is 1.00. The molecule has 0 aromatic heterocycles. The van der Waals surface area contributed by atoms with Crippen molar-refractivity contribution in [3.63, 3.8) is 0 Å². The van der Waals surface area contributed by atoms with Gasteiger partial charge in [-0.05, 0) is 51.9 Å². The van der Waals surface area contributed by atoms with E-state index in [0.717, 1.165) is 0 Å². The predicted octanol–water partition coefficient (Wildman–Crippen LogP) is 7.29. The van der Waals surface area contributed by atoms with Crippen LogP contribution in [-0.2, 0) is 8.23 Å². The maximum atomic E-state index is 6.56. The zero-order valence-electron chi connectivity index (χ0n) is 17.4. The number of hydrogen-bond donors (Lipinski definition) is 0. The van der Waals surface area contributed by atoms with Gasteiger partial charge in [0.1, 0.15) is 0 Å². The Morgan fingerprint density at radius 1 is 0.565 bits per heavy atom. The Bertz CT molecular complexity index is 299. The molecule has 0 aromatic carbocycles. The highest BCUT2D eigenvalue weighted by molar-refractivity contribution is 6.87. The average Bonchev–Trinajstić information content (AvgIpc) is 2.32. The maximum Gasteiger partial charge on any atom is 0.311 e. The molecule has 0 aliphatic heterocycles. The summed E-state index contributed by atoms with van der Waals surface area (Å²) in [7, 11) is -5.01. The van der Waals surface area contributed by atoms with E-state index in [1.54, 1.807) is 0 Å². The van der Waals surface area contributed by atoms with Crippen molar-refractivity contribution >= 4 is 25.2 Å². The normalized spacial score (nSPS) is 13.6. The summed E-state index contributed by atoms with van der Waals surface area (Å²) in [5, 5.41) is 0. The van der Waals surface area contributed by atoms with Gasteiger partial charge >= 0.3 is 8.56 Å². The minimum Gasteiger partial charge on any atom is -0.437 e. The molecule has 0 N–H and O–H groups in total. The Hall–Kier alpha value is 0.571. The van der Waals surface area contributed by atoms with Crippen LogP contribution in [-0.4, -0.2) is 25.2 Å². The van der Waals surface area contributed by atoms with Crippen LogP contribution >= 0.6 is 0 Å². The van der Waals surface area contributed by atoms with Crippen molar-refractivity contribution < 1.29 is 8.23 Å². The highest BCUT2D eigenvalue weighted by Gasteiger charge is 2.37. The summed E-state index contributed by atoms with van der Waals surface area (Å²) in [4.78, 5) is 0. The lowest BCUT2D eigenvalue weighted by atomic mass is 10.1. The predicted molar refractivity (Wildman–Crippen MR) is 113 cm³/mol. The Kier molecular flexibility index (Phi) is 11.5. The molecule has 0 aromatic rings. The van der Waals surface area contributed by atoms with E-state index in [9.17, 15) is 0 Å². The lowest BCUT2D eigenvalue weighted by Gasteiger charge is -2.37. The third-order valence-corrected chi connectivity index (χ3v) is 14.1. The lowest BCUT2D eigenvalue weighted by molar-refractivity contribution is 0.390. The minimum absolute atomic E-state index is 1.29. The molecular formula is C18H44O2Si3. The molecule has 0 saturated carbocycles. The third kappa shape index (κ3) is 15.8. The molecule has 0 aliphatic carbocycles. The van der Waals surface area contributed by atoms with Crippen LogP contribution in [0.1, 0.15) is 64.7 Å². The van der Waals surface area contributed by atoms with Gasteiger partial charge in [0.25, 0.3) is 0 Å². The van der Waals surface area contributed by atoms with Gasteiger partial charge in [0.2, 0.25) is 0 Å². The molecule has 2 nitrogen and oxygen atoms in total. The van der Waals surface area contributed by atoms with Crippen molar-refractivity contribution in [3.05, 3.63) is 0 Å². The van der Waals surface area contributed by atoms with Gasteiger partial charge in [0.15, 0.2) is 16.6 Å². The second-order valence-electron chi connectivity index (χ2n) is 9.05. The Morgan fingerprint density at radius 3 is 1.43 bits per heavy atom. The van der Waals surface area contributed by atoms with Crippen LogP contribution in [0.4, 0.5) is 0 Å². The molecule has 0 unspecified atom stereocenters. The number of unbranched alkanes of at least 4 members (excludes halogenated alkanes) is 8. The van der Waals surface area contributed by atoms with Crippen LogP contribution in [0.5, 0.6) is 0 Å². The van der Waals surface area contributed by atoms with Gasteiger partial charge in [0, 0.05) is 0 Å². The highest BCUT2D eigenvalue weighted by atomic mass is 28.5. The maximum absolute atomic E-state index is 6.56. The molecule has 140 valence electrons. The molecule has 0 bridgehead atoms. The number of rotatable bonds is 14. The van der Waals surface area contributed by atoms with Crippen molar-refractivity contribution in [2.45, 2.75) is 117 Å². The molecule has 5 heteroatoms. The van der Waals surface area contributed by atoms with Crippen molar-refractivity contribution in [2.75, 3.05) is 0 Å². The van der Waals surface area contributed by atoms with Gasteiger partial charge < -0.3 is 8.23 Å². The summed E-state index contributed by atoms with van der Waals surface area (Å²) in [6.07, 6.45) is 12.6. The van der Waals surface area contributed by atoms with Crippen LogP contribution in [0.15, 0.2) is 0 Å². The molecule has 0 saturated heterocycles. The second kappa shape index (κ2) is 11.2. The second-order valence-corrected chi connectivity index (χ2v) is 21.7. The van der Waals surface area contributed by atoms with E-state index in [1.165, 1.54) is 63.8 Å². The Balaban J connectivity index is 3.83. The van der Waals surface area contributed by atoms with Crippen molar-refractivity contribution in [1.29, 1.82) is 0 Å². The largest absolute Gasteiger partial charge is 0.437 e. The zero-order chi connectivity index (χ0) is 18.0. The third-order valence-electron chi connectivity index (χ3n) is 3.96. The van der Waals surface area contributed by atoms with Crippen molar-refractivity contribution in [1.82, 2.24) is 0 Å². The summed E-state index contributed by atoms with van der Waals surface area (Å²) in [5.41, 5.74) is 0. The first-order chi connectivity index (χ1) is 10.5. The van der Waals surface area contributed by atoms with Gasteiger partial charge in [-0.15, -0.1) is 0 Å². The van der Waals surface area contributed by atoms with Gasteiger partial charge in [-0.3, -0.25) is 0 Å². The smallest absolute Gasteiger partial charge is 0.311 e. The van der Waals surface area contributed by atoms with Gasteiger partial charge in [0.05, 0.1) is 0 Å². The van der Waals surface area contributed by atoms with Gasteiger partial charge in [-0.25, -0.2) is 0 Å². The molecule has 0 atom stereocenters. The van der Waals surface area contributed by atoms with Crippen LogP contribution < -0.4 is 0 Å². The van der Waals surface area contributed by atoms with E-state index in [1.807, 2.05) is 0 Å². The summed E-state index contributed by atoms with van der Waals surface area (Å²) < 4.78 is 12.9. The summed E-state index contributed by atoms with van der Waals surface area (Å²) in [6.45, 7) is 18.3. The molecule has 0 aliphatic rings. The van der Waals surface area contributed by atoms with Crippen LogP contribution in [0, 0.1) is 0 Å². The molecule has 0 rings (SSSR count). The van der Waals surface area contributed by atoms with Crippen LogP contribution in [0.3, 0.4) is 0 Å². The summed E-state index contributed by atoms with van der Waals surface area (Å²) in [6, 6.07) is 1.29. The van der Waals surface area contributed by atoms with Crippen LogP contribution in [0.25, 0.3) is 0 Å². The van der Waals surface area contributed by atoms with E-state index < -0.39 is 25.2 Å². The minimum atomic E-state index is -1.94. The van der Waals surface area contributed by atoms with E-state index in [4.69, 9.17) is 8.23 Å². The lowest BCUT2D eigenvalue weighted by Crippen LogP contribution is -2.51. The van der Waals surface area contributed by atoms with Crippen LogP contribution in [0.2, 0.25) is 51.9 Å². The fourth-order valence-electron chi connectivity index (χ4n) is 3.34. The zero-order valence-corrected chi connectivity index (χ0v) is 20.4. The molecule has 0 fully saturated rings. The highest BCUT2D eigenvalue weighted by Crippen LogP contribution is 2.24. The Labute approximate surface area is 150 Å². The average molecular weight is 377 g/mol. The molecule has 0 heterocycles. The monoisotopic (exact) mass is 376 g/mol. The molecule has 0 spiro atoms. The van der Waals surface area contributed by atoms with Gasteiger partial charge in [-0.1, -0.05) is 64.7 Å². The SMILES string of the molecule is CCCCCCCCCCC[Si](C)(C)O[Si](C)(C)O[Si](C)(C)C.